The molecule has 0 atom stereocenters. The average Bonchev–Trinajstić information content (AvgIpc) is 2.51. The first kappa shape index (κ1) is 23.5. The molecule has 0 spiro atoms. The maximum absolute atomic E-state index is 11.8. The van der Waals surface area contributed by atoms with E-state index in [1.807, 2.05) is 0 Å². The number of hydrogen-bond donors (Lipinski definition) is 1. The standard InChI is InChI=1S/C14H18N2O7S.Na/c1-3-22-13(17)9-12(14(18)23-4-2)16-15-10-5-7-11(8-6-10)24(19,20)21;/h5-8,15H,3-4,9H2,1-2H3,(H,19,20,21);/q;+1/p-1/b16-12+;. The van der Waals surface area contributed by atoms with Gasteiger partial charge in [0, 0.05) is 0 Å². The van der Waals surface area contributed by atoms with Crippen LogP contribution in [0.1, 0.15) is 20.3 Å². The number of hydrazone groups is 1. The molecule has 0 unspecified atom stereocenters. The van der Waals surface area contributed by atoms with E-state index in [-0.39, 0.29) is 54.9 Å². The van der Waals surface area contributed by atoms with E-state index in [1.54, 1.807) is 13.8 Å². The summed E-state index contributed by atoms with van der Waals surface area (Å²) in [4.78, 5) is 22.9. The molecule has 1 aromatic carbocycles. The van der Waals surface area contributed by atoms with Gasteiger partial charge in [0.05, 0.1) is 30.2 Å². The molecule has 25 heavy (non-hydrogen) atoms. The molecule has 1 aromatic rings. The van der Waals surface area contributed by atoms with E-state index in [9.17, 15) is 22.6 Å². The molecule has 0 bridgehead atoms. The number of benzene rings is 1. The van der Waals surface area contributed by atoms with E-state index in [1.165, 1.54) is 12.1 Å². The van der Waals surface area contributed by atoms with E-state index in [0.29, 0.717) is 5.69 Å². The summed E-state index contributed by atoms with van der Waals surface area (Å²) < 4.78 is 42.1. The van der Waals surface area contributed by atoms with Crippen molar-refractivity contribution in [2.45, 2.75) is 25.2 Å². The third-order valence-electron chi connectivity index (χ3n) is 2.59. The molecule has 1 N–H and O–H groups in total. The number of anilines is 1. The Morgan fingerprint density at radius 1 is 1.12 bits per heavy atom. The van der Waals surface area contributed by atoms with Crippen molar-refractivity contribution < 1.29 is 61.6 Å². The summed E-state index contributed by atoms with van der Waals surface area (Å²) >= 11 is 0. The number of esters is 2. The second-order valence-electron chi connectivity index (χ2n) is 4.35. The molecule has 11 heteroatoms. The Morgan fingerprint density at radius 2 is 1.68 bits per heavy atom. The van der Waals surface area contributed by atoms with Crippen LogP contribution >= 0.6 is 0 Å². The normalized spacial score (nSPS) is 11.2. The van der Waals surface area contributed by atoms with Gasteiger partial charge in [-0.2, -0.15) is 5.10 Å². The third-order valence-corrected chi connectivity index (χ3v) is 3.44. The summed E-state index contributed by atoms with van der Waals surface area (Å²) in [6, 6.07) is 4.77. The predicted octanol–water partition coefficient (Wildman–Crippen LogP) is -2.12. The molecule has 132 valence electrons. The minimum Gasteiger partial charge on any atom is -0.744 e. The van der Waals surface area contributed by atoms with Gasteiger partial charge in [-0.15, -0.1) is 0 Å². The van der Waals surface area contributed by atoms with E-state index in [4.69, 9.17) is 9.47 Å². The van der Waals surface area contributed by atoms with Crippen molar-refractivity contribution in [1.82, 2.24) is 0 Å². The summed E-state index contributed by atoms with van der Waals surface area (Å²) in [6.45, 7) is 3.50. The summed E-state index contributed by atoms with van der Waals surface area (Å²) in [5, 5.41) is 3.79. The minimum atomic E-state index is -4.54. The van der Waals surface area contributed by atoms with Crippen LogP contribution in [-0.4, -0.2) is 43.8 Å². The van der Waals surface area contributed by atoms with Gasteiger partial charge in [0.25, 0.3) is 0 Å². The first-order valence-electron chi connectivity index (χ1n) is 6.99. The topological polar surface area (TPSA) is 134 Å². The van der Waals surface area contributed by atoms with Gasteiger partial charge in [-0.3, -0.25) is 10.2 Å². The molecule has 0 radical (unpaired) electrons. The molecule has 0 saturated carbocycles. The smallest absolute Gasteiger partial charge is 0.744 e. The maximum Gasteiger partial charge on any atom is 1.00 e. The quantitative estimate of drug-likeness (QED) is 0.178. The maximum atomic E-state index is 11.8. The van der Waals surface area contributed by atoms with Crippen LogP contribution in [0.3, 0.4) is 0 Å². The van der Waals surface area contributed by atoms with Crippen LogP contribution in [-0.2, 0) is 29.2 Å². The Morgan fingerprint density at radius 3 is 2.16 bits per heavy atom. The average molecular weight is 380 g/mol. The van der Waals surface area contributed by atoms with Crippen molar-refractivity contribution in [2.24, 2.45) is 5.10 Å². The van der Waals surface area contributed by atoms with Gasteiger partial charge in [-0.1, -0.05) is 0 Å². The molecule has 0 aromatic heterocycles. The zero-order valence-electron chi connectivity index (χ0n) is 14.1. The van der Waals surface area contributed by atoms with Gasteiger partial charge in [-0.25, -0.2) is 13.2 Å². The Balaban J connectivity index is 0.00000576. The molecule has 0 aliphatic rings. The van der Waals surface area contributed by atoms with Crippen molar-refractivity contribution in [3.05, 3.63) is 24.3 Å². The monoisotopic (exact) mass is 380 g/mol. The molecule has 0 amide bonds. The van der Waals surface area contributed by atoms with Gasteiger partial charge in [0.1, 0.15) is 10.1 Å². The van der Waals surface area contributed by atoms with Gasteiger partial charge < -0.3 is 14.0 Å². The second kappa shape index (κ2) is 11.2. The number of nitrogens with one attached hydrogen (secondary N) is 1. The summed E-state index contributed by atoms with van der Waals surface area (Å²) in [7, 11) is -4.54. The van der Waals surface area contributed by atoms with E-state index < -0.39 is 27.0 Å². The zero-order valence-corrected chi connectivity index (χ0v) is 17.0. The van der Waals surface area contributed by atoms with Crippen molar-refractivity contribution in [3.8, 4) is 0 Å². The fourth-order valence-electron chi connectivity index (χ4n) is 1.55. The van der Waals surface area contributed by atoms with Crippen molar-refractivity contribution in [2.75, 3.05) is 18.6 Å². The van der Waals surface area contributed by atoms with E-state index in [0.717, 1.165) is 12.1 Å². The van der Waals surface area contributed by atoms with Crippen LogP contribution in [0.5, 0.6) is 0 Å². The largest absolute Gasteiger partial charge is 1.00 e. The molecular weight excluding hydrogens is 363 g/mol. The Bertz CT molecular complexity index is 717. The number of carbonyl (C=O) groups excluding carboxylic acids is 2. The van der Waals surface area contributed by atoms with Gasteiger partial charge in [0.2, 0.25) is 0 Å². The van der Waals surface area contributed by atoms with Gasteiger partial charge >= 0.3 is 41.5 Å². The zero-order chi connectivity index (χ0) is 18.2. The third kappa shape index (κ3) is 8.45. The van der Waals surface area contributed by atoms with Crippen molar-refractivity contribution in [1.29, 1.82) is 0 Å². The van der Waals surface area contributed by atoms with Crippen LogP contribution in [0.25, 0.3) is 0 Å². The molecular formula is C14H17N2NaO7S. The summed E-state index contributed by atoms with van der Waals surface area (Å²) in [5.41, 5.74) is 2.61. The van der Waals surface area contributed by atoms with E-state index in [2.05, 4.69) is 10.5 Å². The number of rotatable bonds is 8. The minimum absolute atomic E-state index is 0. The summed E-state index contributed by atoms with van der Waals surface area (Å²) in [5.74, 6) is -1.42. The SMILES string of the molecule is CCOC(=O)C/C(=N\Nc1ccc(S(=O)(=O)[O-])cc1)C(=O)OCC.[Na+]. The molecule has 9 nitrogen and oxygen atoms in total. The van der Waals surface area contributed by atoms with Crippen LogP contribution in [0.15, 0.2) is 34.3 Å². The fourth-order valence-corrected chi connectivity index (χ4v) is 2.02. The van der Waals surface area contributed by atoms with Gasteiger partial charge in [-0.05, 0) is 38.1 Å². The van der Waals surface area contributed by atoms with E-state index >= 15 is 0 Å². The number of carbonyl (C=O) groups is 2. The molecule has 0 aliphatic carbocycles. The predicted molar refractivity (Wildman–Crippen MR) is 83.3 cm³/mol. The number of ether oxygens (including phenoxy) is 2. The number of hydrogen-bond acceptors (Lipinski definition) is 9. The second-order valence-corrected chi connectivity index (χ2v) is 5.73. The Hall–Kier alpha value is -1.46. The van der Waals surface area contributed by atoms with Crippen molar-refractivity contribution >= 4 is 33.5 Å². The molecule has 0 aliphatic heterocycles. The first-order valence-corrected chi connectivity index (χ1v) is 8.40. The van der Waals surface area contributed by atoms with Crippen LogP contribution < -0.4 is 35.0 Å². The van der Waals surface area contributed by atoms with Crippen LogP contribution in [0, 0.1) is 0 Å². The molecule has 1 rings (SSSR count). The van der Waals surface area contributed by atoms with Crippen molar-refractivity contribution in [3.63, 3.8) is 0 Å². The van der Waals surface area contributed by atoms with Crippen LogP contribution in [0.4, 0.5) is 5.69 Å². The molecule has 0 fully saturated rings. The molecule has 0 heterocycles. The summed E-state index contributed by atoms with van der Waals surface area (Å²) in [6.07, 6.45) is -0.382. The van der Waals surface area contributed by atoms with Gasteiger partial charge in [0.15, 0.2) is 5.71 Å². The Labute approximate surface area is 167 Å². The first-order chi connectivity index (χ1) is 11.3. The van der Waals surface area contributed by atoms with Crippen LogP contribution in [0.2, 0.25) is 0 Å². The molecule has 0 saturated heterocycles. The number of nitrogens with zero attached hydrogens (tertiary/aromatic N) is 1. The Kier molecular flexibility index (Phi) is 10.6. The fraction of sp³-hybridized carbons (Fsp3) is 0.357.